The summed E-state index contributed by atoms with van der Waals surface area (Å²) >= 11 is 11.7. The lowest BCUT2D eigenvalue weighted by Gasteiger charge is -2.29. The van der Waals surface area contributed by atoms with Gasteiger partial charge in [-0.05, 0) is 76.5 Å². The molecule has 2 N–H and O–H groups in total. The number of hydrogen-bond donors (Lipinski definition) is 2. The summed E-state index contributed by atoms with van der Waals surface area (Å²) in [6.45, 7) is 6.45. The fourth-order valence-corrected chi connectivity index (χ4v) is 4.64. The summed E-state index contributed by atoms with van der Waals surface area (Å²) < 4.78 is 32.7. The Labute approximate surface area is 177 Å². The monoisotopic (exact) mass is 450 g/mol. The zero-order valence-electron chi connectivity index (χ0n) is 16.4. The zero-order chi connectivity index (χ0) is 20.9. The zero-order valence-corrected chi connectivity index (χ0v) is 18.8. The SMILES string of the molecule is CC(C)(C)OC(=O)NC[C@H]1CC[C@H](CNS(=O)(=O)c2ccc(Cl)c(Cl)c2)CC1. The van der Waals surface area contributed by atoms with E-state index in [0.29, 0.717) is 24.0 Å². The molecule has 9 heteroatoms. The van der Waals surface area contributed by atoms with Crippen LogP contribution in [0.15, 0.2) is 23.1 Å². The van der Waals surface area contributed by atoms with E-state index in [0.717, 1.165) is 25.7 Å². The molecule has 1 aliphatic rings. The molecule has 1 saturated carbocycles. The van der Waals surface area contributed by atoms with E-state index in [2.05, 4.69) is 10.0 Å². The van der Waals surface area contributed by atoms with Gasteiger partial charge >= 0.3 is 6.09 Å². The Hall–Kier alpha value is -1.02. The topological polar surface area (TPSA) is 84.5 Å². The summed E-state index contributed by atoms with van der Waals surface area (Å²) in [6, 6.07) is 4.27. The number of carbonyl (C=O) groups excluding carboxylic acids is 1. The van der Waals surface area contributed by atoms with Gasteiger partial charge in [0, 0.05) is 13.1 Å². The quantitative estimate of drug-likeness (QED) is 0.662. The largest absolute Gasteiger partial charge is 0.444 e. The second-order valence-corrected chi connectivity index (χ2v) is 10.8. The highest BCUT2D eigenvalue weighted by atomic mass is 35.5. The van der Waals surface area contributed by atoms with Gasteiger partial charge in [0.25, 0.3) is 0 Å². The maximum absolute atomic E-state index is 12.4. The van der Waals surface area contributed by atoms with Gasteiger partial charge in [0.05, 0.1) is 14.9 Å². The Morgan fingerprint density at radius 1 is 1.07 bits per heavy atom. The third-order valence-corrected chi connectivity index (χ3v) is 6.82. The van der Waals surface area contributed by atoms with Crippen LogP contribution < -0.4 is 10.0 Å². The van der Waals surface area contributed by atoms with Gasteiger partial charge in [0.15, 0.2) is 0 Å². The van der Waals surface area contributed by atoms with Gasteiger partial charge in [-0.15, -0.1) is 0 Å². The second-order valence-electron chi connectivity index (χ2n) is 8.20. The molecule has 0 bridgehead atoms. The lowest BCUT2D eigenvalue weighted by Crippen LogP contribution is -2.37. The van der Waals surface area contributed by atoms with Gasteiger partial charge in [0.1, 0.15) is 5.60 Å². The second kappa shape index (κ2) is 9.65. The minimum atomic E-state index is -3.62. The molecular weight excluding hydrogens is 423 g/mol. The summed E-state index contributed by atoms with van der Waals surface area (Å²) in [5.74, 6) is 0.658. The molecule has 0 aromatic heterocycles. The van der Waals surface area contributed by atoms with Crippen LogP contribution in [-0.4, -0.2) is 33.2 Å². The highest BCUT2D eigenvalue weighted by Crippen LogP contribution is 2.29. The van der Waals surface area contributed by atoms with Gasteiger partial charge in [-0.25, -0.2) is 17.9 Å². The number of nitrogens with one attached hydrogen (secondary N) is 2. The van der Waals surface area contributed by atoms with E-state index in [-0.39, 0.29) is 15.8 Å². The van der Waals surface area contributed by atoms with Crippen molar-refractivity contribution >= 4 is 39.3 Å². The number of amides is 1. The maximum atomic E-state index is 12.4. The van der Waals surface area contributed by atoms with Crippen molar-refractivity contribution in [1.29, 1.82) is 0 Å². The van der Waals surface area contributed by atoms with Gasteiger partial charge in [0.2, 0.25) is 10.0 Å². The molecule has 1 aromatic rings. The number of sulfonamides is 1. The molecule has 1 fully saturated rings. The summed E-state index contributed by atoms with van der Waals surface area (Å²) in [6.07, 6.45) is 3.29. The van der Waals surface area contributed by atoms with Crippen LogP contribution >= 0.6 is 23.2 Å². The molecule has 1 amide bonds. The van der Waals surface area contributed by atoms with E-state index in [1.165, 1.54) is 18.2 Å². The van der Waals surface area contributed by atoms with Crippen molar-refractivity contribution in [3.8, 4) is 0 Å². The Kier molecular flexibility index (Phi) is 8.02. The van der Waals surface area contributed by atoms with E-state index < -0.39 is 21.7 Å². The number of ether oxygens (including phenoxy) is 1. The minimum Gasteiger partial charge on any atom is -0.444 e. The fourth-order valence-electron chi connectivity index (χ4n) is 3.14. The first-order valence-corrected chi connectivity index (χ1v) is 11.6. The van der Waals surface area contributed by atoms with Crippen molar-refractivity contribution in [2.75, 3.05) is 13.1 Å². The molecule has 0 heterocycles. The molecule has 158 valence electrons. The molecule has 0 spiro atoms. The minimum absolute atomic E-state index is 0.108. The smallest absolute Gasteiger partial charge is 0.407 e. The molecule has 2 rings (SSSR count). The van der Waals surface area contributed by atoms with Crippen LogP contribution in [0.3, 0.4) is 0 Å². The highest BCUT2D eigenvalue weighted by Gasteiger charge is 2.24. The van der Waals surface area contributed by atoms with Crippen molar-refractivity contribution in [2.24, 2.45) is 11.8 Å². The number of hydrogen-bond acceptors (Lipinski definition) is 4. The van der Waals surface area contributed by atoms with Gasteiger partial charge in [-0.1, -0.05) is 23.2 Å². The van der Waals surface area contributed by atoms with Crippen LogP contribution in [0.2, 0.25) is 10.0 Å². The van der Waals surface area contributed by atoms with E-state index >= 15 is 0 Å². The first-order valence-electron chi connectivity index (χ1n) is 9.38. The molecule has 1 aromatic carbocycles. The summed E-state index contributed by atoms with van der Waals surface area (Å²) in [7, 11) is -3.62. The van der Waals surface area contributed by atoms with Crippen LogP contribution in [-0.2, 0) is 14.8 Å². The molecule has 0 radical (unpaired) electrons. The summed E-state index contributed by atoms with van der Waals surface area (Å²) in [5.41, 5.74) is -0.507. The van der Waals surface area contributed by atoms with Crippen molar-refractivity contribution in [2.45, 2.75) is 57.0 Å². The lowest BCUT2D eigenvalue weighted by atomic mass is 9.82. The number of benzene rings is 1. The Balaban J connectivity index is 1.75. The molecule has 0 unspecified atom stereocenters. The molecule has 0 atom stereocenters. The van der Waals surface area contributed by atoms with E-state index in [9.17, 15) is 13.2 Å². The summed E-state index contributed by atoms with van der Waals surface area (Å²) in [4.78, 5) is 11.8. The highest BCUT2D eigenvalue weighted by molar-refractivity contribution is 7.89. The first-order chi connectivity index (χ1) is 13.0. The molecule has 1 aliphatic carbocycles. The van der Waals surface area contributed by atoms with Gasteiger partial charge in [-0.2, -0.15) is 0 Å². The summed E-state index contributed by atoms with van der Waals surface area (Å²) in [5, 5.41) is 3.34. The van der Waals surface area contributed by atoms with Crippen molar-refractivity contribution in [3.05, 3.63) is 28.2 Å². The predicted molar refractivity (Wildman–Crippen MR) is 111 cm³/mol. The maximum Gasteiger partial charge on any atom is 0.407 e. The van der Waals surface area contributed by atoms with Crippen LogP contribution in [0.5, 0.6) is 0 Å². The molecule has 6 nitrogen and oxygen atoms in total. The van der Waals surface area contributed by atoms with Crippen molar-refractivity contribution < 1.29 is 17.9 Å². The lowest BCUT2D eigenvalue weighted by molar-refractivity contribution is 0.0513. The van der Waals surface area contributed by atoms with E-state index in [1.807, 2.05) is 20.8 Å². The fraction of sp³-hybridized carbons (Fsp3) is 0.632. The van der Waals surface area contributed by atoms with Crippen molar-refractivity contribution in [3.63, 3.8) is 0 Å². The van der Waals surface area contributed by atoms with Crippen LogP contribution in [0.4, 0.5) is 4.79 Å². The number of carbonyl (C=O) groups is 1. The number of halogens is 2. The molecule has 0 saturated heterocycles. The molecule has 28 heavy (non-hydrogen) atoms. The normalized spacial score (nSPS) is 20.6. The van der Waals surface area contributed by atoms with E-state index in [1.54, 1.807) is 0 Å². The predicted octanol–water partition coefficient (Wildman–Crippen LogP) is 4.60. The van der Waals surface area contributed by atoms with Crippen LogP contribution in [0.25, 0.3) is 0 Å². The third kappa shape index (κ3) is 7.43. The average Bonchev–Trinajstić information content (AvgIpc) is 2.60. The molecule has 0 aliphatic heterocycles. The third-order valence-electron chi connectivity index (χ3n) is 4.66. The van der Waals surface area contributed by atoms with Crippen LogP contribution in [0, 0.1) is 11.8 Å². The Bertz CT molecular complexity index is 786. The Morgan fingerprint density at radius 2 is 1.64 bits per heavy atom. The molecular formula is C19H28Cl2N2O4S. The van der Waals surface area contributed by atoms with Gasteiger partial charge in [-0.3, -0.25) is 0 Å². The van der Waals surface area contributed by atoms with Gasteiger partial charge < -0.3 is 10.1 Å². The van der Waals surface area contributed by atoms with E-state index in [4.69, 9.17) is 27.9 Å². The average molecular weight is 451 g/mol. The van der Waals surface area contributed by atoms with Crippen LogP contribution in [0.1, 0.15) is 46.5 Å². The number of rotatable bonds is 6. The number of alkyl carbamates (subject to hydrolysis) is 1. The first kappa shape index (κ1) is 23.3. The van der Waals surface area contributed by atoms with Crippen molar-refractivity contribution in [1.82, 2.24) is 10.0 Å². The standard InChI is InChI=1S/C19H28Cl2N2O4S/c1-19(2,3)27-18(24)22-11-13-4-6-14(7-5-13)12-23-28(25,26)15-8-9-16(20)17(21)10-15/h8-10,13-14,23H,4-7,11-12H2,1-3H3,(H,22,24)/t13-,14-. The Morgan fingerprint density at radius 3 is 2.18 bits per heavy atom.